The molecule has 1 aromatic heterocycles. The molecule has 1 heterocycles. The number of hydrogen-bond acceptors (Lipinski definition) is 4. The van der Waals surface area contributed by atoms with Crippen molar-refractivity contribution in [3.05, 3.63) is 74.2 Å². The molecule has 8 heteroatoms. The highest BCUT2D eigenvalue weighted by Crippen LogP contribution is 2.19. The number of nitrogens with zero attached hydrogens (tertiary/aromatic N) is 2. The van der Waals surface area contributed by atoms with E-state index in [1.807, 2.05) is 0 Å². The monoisotopic (exact) mass is 296 g/mol. The van der Waals surface area contributed by atoms with Crippen LogP contribution in [0.15, 0.2) is 41.3 Å². The predicted octanol–water partition coefficient (Wildman–Crippen LogP) is 1.77. The van der Waals surface area contributed by atoms with Gasteiger partial charge in [0.25, 0.3) is 11.2 Å². The Bertz CT molecular complexity index is 745. The van der Waals surface area contributed by atoms with Crippen LogP contribution in [0.1, 0.15) is 11.7 Å². The fourth-order valence-electron chi connectivity index (χ4n) is 1.83. The standard InChI is InChI=1S/C13H10F2N2O4/c14-8-1-3-10(11(15)5-8)12(18)7-16-6-9(17(20)21)2-4-13(16)19/h1-6,12,18H,7H2. The molecule has 1 unspecified atom stereocenters. The Kier molecular flexibility index (Phi) is 4.08. The van der Waals surface area contributed by atoms with E-state index in [9.17, 15) is 28.8 Å². The van der Waals surface area contributed by atoms with E-state index in [4.69, 9.17) is 0 Å². The van der Waals surface area contributed by atoms with Crippen molar-refractivity contribution in [1.29, 1.82) is 0 Å². The summed E-state index contributed by atoms with van der Waals surface area (Å²) in [6, 6.07) is 4.64. The number of halogens is 2. The van der Waals surface area contributed by atoms with E-state index in [0.717, 1.165) is 35.0 Å². The molecular weight excluding hydrogens is 286 g/mol. The van der Waals surface area contributed by atoms with E-state index in [2.05, 4.69) is 0 Å². The van der Waals surface area contributed by atoms with Gasteiger partial charge in [0.15, 0.2) is 0 Å². The second-order valence-corrected chi connectivity index (χ2v) is 4.32. The fraction of sp³-hybridized carbons (Fsp3) is 0.154. The molecule has 0 aliphatic rings. The maximum absolute atomic E-state index is 13.5. The van der Waals surface area contributed by atoms with Crippen LogP contribution in [0.4, 0.5) is 14.5 Å². The van der Waals surface area contributed by atoms with Crippen LogP contribution in [0.5, 0.6) is 0 Å². The first kappa shape index (κ1) is 14.8. The zero-order valence-corrected chi connectivity index (χ0v) is 10.6. The first-order valence-corrected chi connectivity index (χ1v) is 5.86. The molecule has 21 heavy (non-hydrogen) atoms. The normalized spacial score (nSPS) is 12.1. The summed E-state index contributed by atoms with van der Waals surface area (Å²) in [5, 5.41) is 20.5. The summed E-state index contributed by atoms with van der Waals surface area (Å²) >= 11 is 0. The van der Waals surface area contributed by atoms with Crippen molar-refractivity contribution in [2.24, 2.45) is 0 Å². The summed E-state index contributed by atoms with van der Waals surface area (Å²) in [5.41, 5.74) is -1.11. The summed E-state index contributed by atoms with van der Waals surface area (Å²) in [6.07, 6.45) is -0.488. The molecule has 0 amide bonds. The summed E-state index contributed by atoms with van der Waals surface area (Å²) in [4.78, 5) is 21.5. The number of rotatable bonds is 4. The Labute approximate surface area is 117 Å². The van der Waals surface area contributed by atoms with Gasteiger partial charge in [-0.2, -0.15) is 0 Å². The third-order valence-electron chi connectivity index (χ3n) is 2.87. The first-order chi connectivity index (χ1) is 9.88. The zero-order chi connectivity index (χ0) is 15.6. The van der Waals surface area contributed by atoms with Crippen LogP contribution in [-0.2, 0) is 6.54 Å². The largest absolute Gasteiger partial charge is 0.386 e. The van der Waals surface area contributed by atoms with Crippen molar-refractivity contribution in [3.63, 3.8) is 0 Å². The van der Waals surface area contributed by atoms with E-state index in [1.165, 1.54) is 0 Å². The van der Waals surface area contributed by atoms with Gasteiger partial charge < -0.3 is 9.67 Å². The second-order valence-electron chi connectivity index (χ2n) is 4.32. The van der Waals surface area contributed by atoms with Crippen LogP contribution in [0.25, 0.3) is 0 Å². The number of benzene rings is 1. The topological polar surface area (TPSA) is 85.4 Å². The van der Waals surface area contributed by atoms with Crippen molar-refractivity contribution >= 4 is 5.69 Å². The molecule has 0 radical (unpaired) electrons. The number of aromatic nitrogens is 1. The number of nitro groups is 1. The van der Waals surface area contributed by atoms with E-state index in [0.29, 0.717) is 6.07 Å². The highest BCUT2D eigenvalue weighted by molar-refractivity contribution is 5.25. The third-order valence-corrected chi connectivity index (χ3v) is 2.87. The van der Waals surface area contributed by atoms with Crippen LogP contribution in [0.2, 0.25) is 0 Å². The molecule has 1 aromatic carbocycles. The van der Waals surface area contributed by atoms with Crippen molar-refractivity contribution in [3.8, 4) is 0 Å². The van der Waals surface area contributed by atoms with Crippen molar-refractivity contribution in [2.45, 2.75) is 12.6 Å². The minimum absolute atomic E-state index is 0.199. The number of hydrogen-bond donors (Lipinski definition) is 1. The van der Waals surface area contributed by atoms with E-state index >= 15 is 0 Å². The van der Waals surface area contributed by atoms with Crippen LogP contribution in [0.3, 0.4) is 0 Å². The molecule has 2 rings (SSSR count). The molecule has 0 aliphatic heterocycles. The number of aliphatic hydroxyl groups excluding tert-OH is 1. The van der Waals surface area contributed by atoms with Gasteiger partial charge in [0, 0.05) is 23.8 Å². The summed E-state index contributed by atoms with van der Waals surface area (Å²) in [7, 11) is 0. The smallest absolute Gasteiger partial charge is 0.285 e. The zero-order valence-electron chi connectivity index (χ0n) is 10.6. The van der Waals surface area contributed by atoms with E-state index < -0.39 is 28.2 Å². The van der Waals surface area contributed by atoms with Crippen molar-refractivity contribution in [2.75, 3.05) is 0 Å². The molecule has 110 valence electrons. The summed E-state index contributed by atoms with van der Waals surface area (Å²) in [6.45, 7) is -0.386. The van der Waals surface area contributed by atoms with Crippen LogP contribution in [0, 0.1) is 21.7 Å². The summed E-state index contributed by atoms with van der Waals surface area (Å²) in [5.74, 6) is -1.75. The number of pyridine rings is 1. The lowest BCUT2D eigenvalue weighted by Gasteiger charge is -2.13. The molecule has 6 nitrogen and oxygen atoms in total. The van der Waals surface area contributed by atoms with Gasteiger partial charge >= 0.3 is 0 Å². The lowest BCUT2D eigenvalue weighted by Crippen LogP contribution is -2.22. The van der Waals surface area contributed by atoms with Gasteiger partial charge in [-0.05, 0) is 6.07 Å². The molecule has 2 aromatic rings. The SMILES string of the molecule is O=c1ccc([N+](=O)[O-])cn1CC(O)c1ccc(F)cc1F. The molecule has 1 atom stereocenters. The van der Waals surface area contributed by atoms with Gasteiger partial charge in [0.1, 0.15) is 11.6 Å². The van der Waals surface area contributed by atoms with E-state index in [-0.39, 0.29) is 17.8 Å². The van der Waals surface area contributed by atoms with Crippen LogP contribution >= 0.6 is 0 Å². The van der Waals surface area contributed by atoms with Gasteiger partial charge in [0.2, 0.25) is 0 Å². The average molecular weight is 296 g/mol. The Morgan fingerprint density at radius 2 is 2.00 bits per heavy atom. The molecule has 0 saturated carbocycles. The van der Waals surface area contributed by atoms with Crippen LogP contribution < -0.4 is 5.56 Å². The van der Waals surface area contributed by atoms with Gasteiger partial charge in [-0.25, -0.2) is 8.78 Å². The first-order valence-electron chi connectivity index (χ1n) is 5.86. The minimum atomic E-state index is -1.44. The van der Waals surface area contributed by atoms with E-state index in [1.54, 1.807) is 0 Å². The molecule has 0 bridgehead atoms. The third kappa shape index (κ3) is 3.29. The average Bonchev–Trinajstić information content (AvgIpc) is 2.40. The quantitative estimate of drug-likeness (QED) is 0.688. The highest BCUT2D eigenvalue weighted by atomic mass is 19.1. The maximum Gasteiger partial charge on any atom is 0.285 e. The van der Waals surface area contributed by atoms with Gasteiger partial charge in [0.05, 0.1) is 23.8 Å². The predicted molar refractivity (Wildman–Crippen MR) is 68.7 cm³/mol. The van der Waals surface area contributed by atoms with Crippen LogP contribution in [-0.4, -0.2) is 14.6 Å². The molecule has 0 spiro atoms. The van der Waals surface area contributed by atoms with Gasteiger partial charge in [-0.15, -0.1) is 0 Å². The Hall–Kier alpha value is -2.61. The molecular formula is C13H10F2N2O4. The fourth-order valence-corrected chi connectivity index (χ4v) is 1.83. The molecule has 0 saturated heterocycles. The minimum Gasteiger partial charge on any atom is -0.386 e. The summed E-state index contributed by atoms with van der Waals surface area (Å²) < 4.78 is 27.2. The molecule has 0 fully saturated rings. The Balaban J connectivity index is 2.31. The Morgan fingerprint density at radius 3 is 2.62 bits per heavy atom. The molecule has 1 N–H and O–H groups in total. The second kappa shape index (κ2) is 5.80. The van der Waals surface area contributed by atoms with Gasteiger partial charge in [-0.1, -0.05) is 6.07 Å². The number of aliphatic hydroxyl groups is 1. The maximum atomic E-state index is 13.5. The highest BCUT2D eigenvalue weighted by Gasteiger charge is 2.16. The lowest BCUT2D eigenvalue weighted by atomic mass is 10.1. The Morgan fingerprint density at radius 1 is 1.29 bits per heavy atom. The lowest BCUT2D eigenvalue weighted by molar-refractivity contribution is -0.385. The van der Waals surface area contributed by atoms with Crippen molar-refractivity contribution in [1.82, 2.24) is 4.57 Å². The van der Waals surface area contributed by atoms with Gasteiger partial charge in [-0.3, -0.25) is 14.9 Å². The molecule has 0 aliphatic carbocycles. The van der Waals surface area contributed by atoms with Crippen molar-refractivity contribution < 1.29 is 18.8 Å².